The molecule has 0 spiro atoms. The molecule has 0 radical (unpaired) electrons. The first-order chi connectivity index (χ1) is 13.4. The van der Waals surface area contributed by atoms with Gasteiger partial charge in [0.1, 0.15) is 18.1 Å². The van der Waals surface area contributed by atoms with Crippen molar-refractivity contribution in [2.75, 3.05) is 19.9 Å². The first kappa shape index (κ1) is 19.7. The maximum absolute atomic E-state index is 12.3. The number of nitrogens with one attached hydrogen (secondary N) is 1. The molecular weight excluding hydrogens is 382 g/mol. The van der Waals surface area contributed by atoms with E-state index >= 15 is 0 Å². The third-order valence-corrected chi connectivity index (χ3v) is 4.10. The van der Waals surface area contributed by atoms with Crippen molar-refractivity contribution in [2.24, 2.45) is 0 Å². The van der Waals surface area contributed by atoms with E-state index in [2.05, 4.69) is 17.2 Å². The van der Waals surface area contributed by atoms with E-state index in [4.69, 9.17) is 30.5 Å². The number of hydrogen-bond donors (Lipinski definition) is 1. The van der Waals surface area contributed by atoms with Gasteiger partial charge in [0.25, 0.3) is 5.91 Å². The zero-order valence-corrected chi connectivity index (χ0v) is 16.3. The Bertz CT molecular complexity index is 899. The Morgan fingerprint density at radius 3 is 2.61 bits per heavy atom. The predicted molar refractivity (Wildman–Crippen MR) is 105 cm³/mol. The summed E-state index contributed by atoms with van der Waals surface area (Å²) >= 11 is 5.85. The van der Waals surface area contributed by atoms with Gasteiger partial charge in [-0.1, -0.05) is 23.4 Å². The Balaban J connectivity index is 1.41. The molecule has 2 aromatic carbocycles. The Morgan fingerprint density at radius 2 is 1.82 bits per heavy atom. The van der Waals surface area contributed by atoms with Crippen molar-refractivity contribution in [1.82, 2.24) is 5.32 Å². The SMILES string of the molecule is CC(C)(Oc1ccc(Cl)cc1)C(=O)NCC#CCOc1ccc2c(c1)OCO2. The summed E-state index contributed by atoms with van der Waals surface area (Å²) in [5.74, 6) is 7.98. The molecule has 6 nitrogen and oxygen atoms in total. The van der Waals surface area contributed by atoms with Gasteiger partial charge >= 0.3 is 0 Å². The van der Waals surface area contributed by atoms with E-state index in [0.29, 0.717) is 28.0 Å². The summed E-state index contributed by atoms with van der Waals surface area (Å²) in [6.45, 7) is 3.98. The van der Waals surface area contributed by atoms with E-state index in [-0.39, 0.29) is 25.9 Å². The normalized spacial score (nSPS) is 12.0. The van der Waals surface area contributed by atoms with Crippen LogP contribution >= 0.6 is 11.6 Å². The molecule has 0 aliphatic carbocycles. The zero-order valence-electron chi connectivity index (χ0n) is 15.6. The number of amides is 1. The molecule has 1 aliphatic heterocycles. The molecule has 2 aromatic rings. The number of fused-ring (bicyclic) bond motifs is 1. The van der Waals surface area contributed by atoms with Crippen LogP contribution in [0.5, 0.6) is 23.0 Å². The van der Waals surface area contributed by atoms with E-state index in [1.807, 2.05) is 0 Å². The standard InChI is InChI=1S/C21H20ClNO5/c1-21(2,28-16-7-5-15(22)6-8-16)20(24)23-11-3-4-12-25-17-9-10-18-19(13-17)27-14-26-18/h5-10,13H,11-12,14H2,1-2H3,(H,23,24). The minimum absolute atomic E-state index is 0.191. The minimum atomic E-state index is -1.04. The van der Waals surface area contributed by atoms with E-state index in [0.717, 1.165) is 0 Å². The van der Waals surface area contributed by atoms with Crippen molar-refractivity contribution in [3.63, 3.8) is 0 Å². The molecule has 28 heavy (non-hydrogen) atoms. The molecule has 1 heterocycles. The Labute approximate surface area is 168 Å². The predicted octanol–water partition coefficient (Wildman–Crippen LogP) is 3.42. The van der Waals surface area contributed by atoms with Crippen molar-refractivity contribution >= 4 is 17.5 Å². The molecular formula is C21H20ClNO5. The van der Waals surface area contributed by atoms with E-state index in [1.54, 1.807) is 56.3 Å². The summed E-state index contributed by atoms with van der Waals surface area (Å²) in [5.41, 5.74) is -1.04. The molecule has 1 N–H and O–H groups in total. The minimum Gasteiger partial charge on any atom is -0.481 e. The summed E-state index contributed by atoms with van der Waals surface area (Å²) < 4.78 is 21.8. The molecule has 3 rings (SSSR count). The summed E-state index contributed by atoms with van der Waals surface area (Å²) in [7, 11) is 0. The summed E-state index contributed by atoms with van der Waals surface area (Å²) in [6, 6.07) is 12.2. The highest BCUT2D eigenvalue weighted by atomic mass is 35.5. The van der Waals surface area contributed by atoms with Crippen LogP contribution in [-0.4, -0.2) is 31.5 Å². The number of halogens is 1. The fraction of sp³-hybridized carbons (Fsp3) is 0.286. The van der Waals surface area contributed by atoms with Gasteiger partial charge in [0.05, 0.1) is 6.54 Å². The number of benzene rings is 2. The lowest BCUT2D eigenvalue weighted by Crippen LogP contribution is -2.46. The third-order valence-electron chi connectivity index (χ3n) is 3.85. The highest BCUT2D eigenvalue weighted by Crippen LogP contribution is 2.34. The molecule has 0 unspecified atom stereocenters. The summed E-state index contributed by atoms with van der Waals surface area (Å²) in [4.78, 5) is 12.3. The zero-order chi connectivity index (χ0) is 20.0. The number of ether oxygens (including phenoxy) is 4. The molecule has 0 bridgehead atoms. The van der Waals surface area contributed by atoms with Crippen LogP contribution in [-0.2, 0) is 4.79 Å². The van der Waals surface area contributed by atoms with Gasteiger partial charge in [-0.25, -0.2) is 0 Å². The van der Waals surface area contributed by atoms with Crippen LogP contribution in [0.3, 0.4) is 0 Å². The monoisotopic (exact) mass is 401 g/mol. The average Bonchev–Trinajstić information content (AvgIpc) is 3.14. The summed E-state index contributed by atoms with van der Waals surface area (Å²) in [5, 5.41) is 3.34. The van der Waals surface area contributed by atoms with Crippen LogP contribution in [0.4, 0.5) is 0 Å². The van der Waals surface area contributed by atoms with Gasteiger partial charge in [-0.3, -0.25) is 4.79 Å². The maximum atomic E-state index is 12.3. The van der Waals surface area contributed by atoms with Crippen LogP contribution in [0.15, 0.2) is 42.5 Å². The van der Waals surface area contributed by atoms with Crippen molar-refractivity contribution in [3.05, 3.63) is 47.5 Å². The molecule has 7 heteroatoms. The number of rotatable bonds is 6. The second-order valence-electron chi connectivity index (χ2n) is 6.41. The van der Waals surface area contributed by atoms with E-state index in [9.17, 15) is 4.79 Å². The highest BCUT2D eigenvalue weighted by Gasteiger charge is 2.29. The number of carbonyl (C=O) groups is 1. The Hall–Kier alpha value is -3.04. The van der Waals surface area contributed by atoms with Crippen molar-refractivity contribution in [3.8, 4) is 34.8 Å². The van der Waals surface area contributed by atoms with E-state index < -0.39 is 5.60 Å². The Kier molecular flexibility index (Phi) is 6.17. The molecule has 0 saturated heterocycles. The quantitative estimate of drug-likeness (QED) is 0.751. The average molecular weight is 402 g/mol. The molecule has 0 fully saturated rings. The van der Waals surface area contributed by atoms with Crippen LogP contribution in [0.1, 0.15) is 13.8 Å². The van der Waals surface area contributed by atoms with Gasteiger partial charge in [0, 0.05) is 11.1 Å². The van der Waals surface area contributed by atoms with Gasteiger partial charge in [0.15, 0.2) is 17.1 Å². The highest BCUT2D eigenvalue weighted by molar-refractivity contribution is 6.30. The van der Waals surface area contributed by atoms with Crippen LogP contribution < -0.4 is 24.3 Å². The van der Waals surface area contributed by atoms with Gasteiger partial charge in [-0.2, -0.15) is 0 Å². The smallest absolute Gasteiger partial charge is 0.264 e. The van der Waals surface area contributed by atoms with Crippen molar-refractivity contribution in [2.45, 2.75) is 19.4 Å². The van der Waals surface area contributed by atoms with Gasteiger partial charge in [0.2, 0.25) is 6.79 Å². The maximum Gasteiger partial charge on any atom is 0.264 e. The molecule has 0 saturated carbocycles. The van der Waals surface area contributed by atoms with Gasteiger partial charge in [-0.15, -0.1) is 0 Å². The molecule has 1 amide bonds. The fourth-order valence-corrected chi connectivity index (χ4v) is 2.51. The molecule has 146 valence electrons. The van der Waals surface area contributed by atoms with Crippen molar-refractivity contribution < 1.29 is 23.7 Å². The first-order valence-electron chi connectivity index (χ1n) is 8.65. The first-order valence-corrected chi connectivity index (χ1v) is 9.03. The number of carbonyl (C=O) groups excluding carboxylic acids is 1. The van der Waals surface area contributed by atoms with Gasteiger partial charge < -0.3 is 24.3 Å². The third kappa shape index (κ3) is 5.24. The van der Waals surface area contributed by atoms with Crippen LogP contribution in [0.2, 0.25) is 5.02 Å². The number of hydrogen-bond acceptors (Lipinski definition) is 5. The molecule has 0 aromatic heterocycles. The lowest BCUT2D eigenvalue weighted by molar-refractivity contribution is -0.133. The van der Waals surface area contributed by atoms with Crippen LogP contribution in [0, 0.1) is 11.8 Å². The second-order valence-corrected chi connectivity index (χ2v) is 6.84. The molecule has 1 aliphatic rings. The lowest BCUT2D eigenvalue weighted by Gasteiger charge is -2.24. The largest absolute Gasteiger partial charge is 0.481 e. The topological polar surface area (TPSA) is 66.0 Å². The summed E-state index contributed by atoms with van der Waals surface area (Å²) in [6.07, 6.45) is 0. The Morgan fingerprint density at radius 1 is 1.11 bits per heavy atom. The van der Waals surface area contributed by atoms with Crippen LogP contribution in [0.25, 0.3) is 0 Å². The van der Waals surface area contributed by atoms with Crippen molar-refractivity contribution in [1.29, 1.82) is 0 Å². The fourth-order valence-electron chi connectivity index (χ4n) is 2.38. The molecule has 0 atom stereocenters. The van der Waals surface area contributed by atoms with E-state index in [1.165, 1.54) is 0 Å². The second kappa shape index (κ2) is 8.77. The van der Waals surface area contributed by atoms with Gasteiger partial charge in [-0.05, 0) is 50.2 Å². The lowest BCUT2D eigenvalue weighted by atomic mass is 10.1.